The van der Waals surface area contributed by atoms with Crippen LogP contribution in [0.3, 0.4) is 0 Å². The Kier molecular flexibility index (Phi) is 4.65. The van der Waals surface area contributed by atoms with E-state index in [-0.39, 0.29) is 11.9 Å². The third kappa shape index (κ3) is 3.11. The number of methoxy groups -OCH3 is 1. The lowest BCUT2D eigenvalue weighted by Crippen LogP contribution is -3.12. The van der Waals surface area contributed by atoms with Crippen molar-refractivity contribution in [3.63, 3.8) is 0 Å². The van der Waals surface area contributed by atoms with Gasteiger partial charge in [-0.3, -0.25) is 4.79 Å². The highest BCUT2D eigenvalue weighted by molar-refractivity contribution is 7.10. The van der Waals surface area contributed by atoms with E-state index in [1.165, 1.54) is 14.7 Å². The van der Waals surface area contributed by atoms with Gasteiger partial charge in [0, 0.05) is 12.8 Å². The number of nitrogens with zero attached hydrogens (tertiary/aromatic N) is 1. The molecule has 2 saturated heterocycles. The summed E-state index contributed by atoms with van der Waals surface area (Å²) < 4.78 is 5.27. The van der Waals surface area contributed by atoms with Crippen LogP contribution in [-0.4, -0.2) is 37.2 Å². The molecule has 2 N–H and O–H groups in total. The molecule has 4 rings (SSSR count). The smallest absolute Gasteiger partial charge is 0.329 e. The van der Waals surface area contributed by atoms with Crippen LogP contribution in [0, 0.1) is 0 Å². The van der Waals surface area contributed by atoms with Crippen LogP contribution in [0.2, 0.25) is 0 Å². The van der Waals surface area contributed by atoms with Gasteiger partial charge in [0.2, 0.25) is 0 Å². The Morgan fingerprint density at radius 2 is 2.19 bits per heavy atom. The Hall–Kier alpha value is -2.38. The number of quaternary nitrogens is 1. The molecule has 1 aromatic carbocycles. The van der Waals surface area contributed by atoms with E-state index in [2.05, 4.69) is 22.8 Å². The van der Waals surface area contributed by atoms with Gasteiger partial charge in [-0.2, -0.15) is 0 Å². The lowest BCUT2D eigenvalue weighted by atomic mass is 9.92. The number of amides is 3. The molecule has 2 aliphatic rings. The number of thiophene rings is 1. The SMILES string of the molecule is COc1cccc([C@]2(C)NC(=O)N(C[NH+]3CCC[C@@H]3c3cccs3)C2=O)c1. The minimum absolute atomic E-state index is 0.204. The van der Waals surface area contributed by atoms with E-state index < -0.39 is 5.54 Å². The summed E-state index contributed by atoms with van der Waals surface area (Å²) in [5, 5.41) is 4.97. The average molecular weight is 386 g/mol. The first kappa shape index (κ1) is 18.0. The highest BCUT2D eigenvalue weighted by Crippen LogP contribution is 2.31. The molecular weight excluding hydrogens is 362 g/mol. The molecular formula is C20H24N3O3S+. The molecule has 2 fully saturated rings. The van der Waals surface area contributed by atoms with Crippen molar-refractivity contribution in [2.45, 2.75) is 31.3 Å². The van der Waals surface area contributed by atoms with Crippen molar-refractivity contribution in [2.24, 2.45) is 0 Å². The Labute approximate surface area is 162 Å². The van der Waals surface area contributed by atoms with Gasteiger partial charge in [0.05, 0.1) is 18.5 Å². The van der Waals surface area contributed by atoms with Gasteiger partial charge < -0.3 is 15.0 Å². The van der Waals surface area contributed by atoms with Gasteiger partial charge in [0.25, 0.3) is 5.91 Å². The molecule has 0 aliphatic carbocycles. The van der Waals surface area contributed by atoms with E-state index in [9.17, 15) is 9.59 Å². The fourth-order valence-electron chi connectivity index (χ4n) is 4.11. The Balaban J connectivity index is 1.56. The van der Waals surface area contributed by atoms with Crippen molar-refractivity contribution >= 4 is 23.3 Å². The predicted octanol–water partition coefficient (Wildman–Crippen LogP) is 1.90. The van der Waals surface area contributed by atoms with Gasteiger partial charge in [-0.05, 0) is 36.1 Å². The fourth-order valence-corrected chi connectivity index (χ4v) is 5.03. The van der Waals surface area contributed by atoms with Crippen LogP contribution in [0.4, 0.5) is 4.79 Å². The van der Waals surface area contributed by atoms with Crippen LogP contribution in [0.15, 0.2) is 41.8 Å². The summed E-state index contributed by atoms with van der Waals surface area (Å²) in [7, 11) is 1.59. The number of nitrogens with one attached hydrogen (secondary N) is 2. The van der Waals surface area contributed by atoms with E-state index in [1.807, 2.05) is 18.2 Å². The van der Waals surface area contributed by atoms with Crippen molar-refractivity contribution in [1.82, 2.24) is 10.2 Å². The monoisotopic (exact) mass is 386 g/mol. The first-order valence-electron chi connectivity index (χ1n) is 9.19. The molecule has 27 heavy (non-hydrogen) atoms. The van der Waals surface area contributed by atoms with Gasteiger partial charge in [0.15, 0.2) is 6.67 Å². The molecule has 3 atom stereocenters. The van der Waals surface area contributed by atoms with Crippen molar-refractivity contribution < 1.29 is 19.2 Å². The lowest BCUT2D eigenvalue weighted by Gasteiger charge is -2.26. The molecule has 0 bridgehead atoms. The van der Waals surface area contributed by atoms with Crippen LogP contribution in [0.25, 0.3) is 0 Å². The van der Waals surface area contributed by atoms with Crippen molar-refractivity contribution in [3.05, 3.63) is 52.2 Å². The number of likely N-dealkylation sites (tertiary alicyclic amines) is 1. The summed E-state index contributed by atoms with van der Waals surface area (Å²) in [6, 6.07) is 11.5. The normalized spacial score (nSPS) is 27.9. The largest absolute Gasteiger partial charge is 0.497 e. The molecule has 1 unspecified atom stereocenters. The van der Waals surface area contributed by atoms with Gasteiger partial charge >= 0.3 is 6.03 Å². The number of hydrogen-bond acceptors (Lipinski definition) is 4. The highest BCUT2D eigenvalue weighted by atomic mass is 32.1. The zero-order chi connectivity index (χ0) is 19.0. The van der Waals surface area contributed by atoms with E-state index in [0.717, 1.165) is 24.9 Å². The molecule has 0 radical (unpaired) electrons. The Morgan fingerprint density at radius 3 is 2.93 bits per heavy atom. The summed E-state index contributed by atoms with van der Waals surface area (Å²) in [6.45, 7) is 3.13. The first-order chi connectivity index (χ1) is 13.0. The number of hydrogen-bond donors (Lipinski definition) is 2. The molecule has 0 saturated carbocycles. The quantitative estimate of drug-likeness (QED) is 0.772. The second kappa shape index (κ2) is 6.98. The molecule has 0 spiro atoms. The molecule has 6 nitrogen and oxygen atoms in total. The number of rotatable bonds is 5. The average Bonchev–Trinajstić information content (AvgIpc) is 3.40. The molecule has 2 aliphatic heterocycles. The molecule has 1 aromatic heterocycles. The molecule has 142 valence electrons. The summed E-state index contributed by atoms with van der Waals surface area (Å²) in [6.07, 6.45) is 2.20. The first-order valence-corrected chi connectivity index (χ1v) is 10.1. The van der Waals surface area contributed by atoms with Crippen LogP contribution in [0.5, 0.6) is 5.75 Å². The van der Waals surface area contributed by atoms with E-state index in [1.54, 1.807) is 31.4 Å². The van der Waals surface area contributed by atoms with Gasteiger partial charge in [-0.1, -0.05) is 18.2 Å². The number of carbonyl (C=O) groups excluding carboxylic acids is 2. The Morgan fingerprint density at radius 1 is 1.33 bits per heavy atom. The third-order valence-electron chi connectivity index (χ3n) is 5.65. The third-order valence-corrected chi connectivity index (χ3v) is 6.64. The van der Waals surface area contributed by atoms with Gasteiger partial charge in [-0.25, -0.2) is 9.69 Å². The number of benzene rings is 1. The summed E-state index contributed by atoms with van der Waals surface area (Å²) in [5.41, 5.74) is -0.336. The highest BCUT2D eigenvalue weighted by Gasteiger charge is 2.51. The predicted molar refractivity (Wildman–Crippen MR) is 103 cm³/mol. The van der Waals surface area contributed by atoms with Crippen LogP contribution in [0.1, 0.15) is 36.2 Å². The topological polar surface area (TPSA) is 63.1 Å². The number of imide groups is 1. The second-order valence-corrected chi connectivity index (χ2v) is 8.28. The molecule has 2 aromatic rings. The molecule has 3 heterocycles. The zero-order valence-corrected chi connectivity index (χ0v) is 16.3. The fraction of sp³-hybridized carbons (Fsp3) is 0.400. The maximum absolute atomic E-state index is 13.2. The summed E-state index contributed by atoms with van der Waals surface area (Å²) >= 11 is 1.75. The Bertz CT molecular complexity index is 854. The van der Waals surface area contributed by atoms with Crippen molar-refractivity contribution in [1.29, 1.82) is 0 Å². The zero-order valence-electron chi connectivity index (χ0n) is 15.5. The van der Waals surface area contributed by atoms with E-state index in [4.69, 9.17) is 4.74 Å². The number of urea groups is 1. The van der Waals surface area contributed by atoms with Gasteiger partial charge in [-0.15, -0.1) is 11.3 Å². The van der Waals surface area contributed by atoms with Crippen molar-refractivity contribution in [2.75, 3.05) is 20.3 Å². The van der Waals surface area contributed by atoms with Crippen molar-refractivity contribution in [3.8, 4) is 5.75 Å². The number of carbonyl (C=O) groups is 2. The lowest BCUT2D eigenvalue weighted by molar-refractivity contribution is -0.925. The van der Waals surface area contributed by atoms with Crippen LogP contribution < -0.4 is 15.0 Å². The minimum Gasteiger partial charge on any atom is -0.497 e. The van der Waals surface area contributed by atoms with Crippen LogP contribution in [-0.2, 0) is 10.3 Å². The second-order valence-electron chi connectivity index (χ2n) is 7.30. The summed E-state index contributed by atoms with van der Waals surface area (Å²) in [5.74, 6) is 0.460. The minimum atomic E-state index is -1.07. The van der Waals surface area contributed by atoms with Gasteiger partial charge in [0.1, 0.15) is 17.3 Å². The maximum atomic E-state index is 13.2. The molecule has 7 heteroatoms. The standard InChI is InChI=1S/C20H23N3O3S/c1-20(14-6-3-7-15(12-14)26-2)18(24)23(19(25)21-20)13-22-10-4-8-16(22)17-9-5-11-27-17/h3,5-7,9,11-12,16H,4,8,10,13H2,1-2H3,(H,21,25)/p+1/t16-,20+/m1/s1. The summed E-state index contributed by atoms with van der Waals surface area (Å²) in [4.78, 5) is 29.8. The van der Waals surface area contributed by atoms with Crippen LogP contribution >= 0.6 is 11.3 Å². The van der Waals surface area contributed by atoms with E-state index >= 15 is 0 Å². The molecule has 3 amide bonds. The number of ether oxygens (including phenoxy) is 1. The van der Waals surface area contributed by atoms with E-state index in [0.29, 0.717) is 18.5 Å². The maximum Gasteiger partial charge on any atom is 0.329 e.